The molecular weight excluding hydrogens is 212 g/mol. The number of nitrogens with two attached hydrogens (primary N) is 1. The fourth-order valence-corrected chi connectivity index (χ4v) is 1.84. The van der Waals surface area contributed by atoms with Crippen LogP contribution in [0.1, 0.15) is 24.6 Å². The average molecular weight is 224 g/mol. The number of thiazole rings is 1. The maximum absolute atomic E-state index is 5.57. The standard InChI is InChI=1S/C9H12N4OS/c1-5-3-11-8(14-5)6(2)13-9-12-4-7(10)15-9/h3-4,6H,10H2,1-2H3,(H,12,13). The van der Waals surface area contributed by atoms with Crippen LogP contribution < -0.4 is 11.1 Å². The molecule has 80 valence electrons. The van der Waals surface area contributed by atoms with Crippen LogP contribution in [0.2, 0.25) is 0 Å². The average Bonchev–Trinajstić information content (AvgIpc) is 2.75. The first-order valence-corrected chi connectivity index (χ1v) is 5.37. The number of aryl methyl sites for hydroxylation is 1. The molecule has 15 heavy (non-hydrogen) atoms. The molecule has 1 unspecified atom stereocenters. The van der Waals surface area contributed by atoms with Crippen LogP contribution in [0.3, 0.4) is 0 Å². The summed E-state index contributed by atoms with van der Waals surface area (Å²) in [6.45, 7) is 3.83. The van der Waals surface area contributed by atoms with Gasteiger partial charge in [-0.2, -0.15) is 0 Å². The van der Waals surface area contributed by atoms with Crippen LogP contribution in [0.5, 0.6) is 0 Å². The molecule has 3 N–H and O–H groups in total. The highest BCUT2D eigenvalue weighted by molar-refractivity contribution is 7.19. The summed E-state index contributed by atoms with van der Waals surface area (Å²) in [5, 5.41) is 4.63. The Morgan fingerprint density at radius 2 is 2.27 bits per heavy atom. The van der Waals surface area contributed by atoms with Crippen LogP contribution in [0.4, 0.5) is 10.1 Å². The second-order valence-corrected chi connectivity index (χ2v) is 4.31. The van der Waals surface area contributed by atoms with Crippen LogP contribution in [-0.4, -0.2) is 9.97 Å². The number of aromatic nitrogens is 2. The molecule has 1 atom stereocenters. The van der Waals surface area contributed by atoms with E-state index < -0.39 is 0 Å². The fraction of sp³-hybridized carbons (Fsp3) is 0.333. The van der Waals surface area contributed by atoms with Crippen molar-refractivity contribution in [3.05, 3.63) is 24.0 Å². The van der Waals surface area contributed by atoms with Crippen molar-refractivity contribution in [3.8, 4) is 0 Å². The zero-order chi connectivity index (χ0) is 10.8. The van der Waals surface area contributed by atoms with Gasteiger partial charge < -0.3 is 15.5 Å². The topological polar surface area (TPSA) is 77.0 Å². The van der Waals surface area contributed by atoms with Gasteiger partial charge in [0.25, 0.3) is 0 Å². The molecule has 6 heteroatoms. The lowest BCUT2D eigenvalue weighted by atomic mass is 10.3. The molecule has 2 heterocycles. The number of nitrogen functional groups attached to an aromatic ring is 1. The van der Waals surface area contributed by atoms with Gasteiger partial charge in [-0.25, -0.2) is 9.97 Å². The Morgan fingerprint density at radius 1 is 1.47 bits per heavy atom. The summed E-state index contributed by atoms with van der Waals surface area (Å²) in [7, 11) is 0. The quantitative estimate of drug-likeness (QED) is 0.835. The van der Waals surface area contributed by atoms with E-state index >= 15 is 0 Å². The Morgan fingerprint density at radius 3 is 2.80 bits per heavy atom. The zero-order valence-electron chi connectivity index (χ0n) is 8.52. The molecule has 0 saturated heterocycles. The molecule has 0 spiro atoms. The molecule has 5 nitrogen and oxygen atoms in total. The molecule has 0 radical (unpaired) electrons. The molecule has 0 fully saturated rings. The van der Waals surface area contributed by atoms with E-state index in [1.807, 2.05) is 13.8 Å². The molecule has 2 aromatic rings. The van der Waals surface area contributed by atoms with Crippen molar-refractivity contribution >= 4 is 21.5 Å². The van der Waals surface area contributed by atoms with E-state index in [4.69, 9.17) is 10.2 Å². The van der Waals surface area contributed by atoms with Crippen LogP contribution in [0.25, 0.3) is 0 Å². The number of hydrogen-bond donors (Lipinski definition) is 2. The van der Waals surface area contributed by atoms with Gasteiger partial charge in [0.15, 0.2) is 5.13 Å². The third kappa shape index (κ3) is 2.27. The molecule has 0 saturated carbocycles. The van der Waals surface area contributed by atoms with Crippen molar-refractivity contribution in [1.29, 1.82) is 0 Å². The van der Waals surface area contributed by atoms with E-state index in [0.29, 0.717) is 10.9 Å². The van der Waals surface area contributed by atoms with Crippen LogP contribution in [0.15, 0.2) is 16.8 Å². The number of nitrogens with zero attached hydrogens (tertiary/aromatic N) is 2. The van der Waals surface area contributed by atoms with Crippen molar-refractivity contribution in [2.75, 3.05) is 11.1 Å². The van der Waals surface area contributed by atoms with Gasteiger partial charge in [0.05, 0.1) is 12.4 Å². The van der Waals surface area contributed by atoms with Gasteiger partial charge in [-0.15, -0.1) is 0 Å². The van der Waals surface area contributed by atoms with Gasteiger partial charge in [0.1, 0.15) is 16.8 Å². The number of nitrogens with one attached hydrogen (secondary N) is 1. The molecule has 0 amide bonds. The van der Waals surface area contributed by atoms with Gasteiger partial charge in [0.2, 0.25) is 5.89 Å². The van der Waals surface area contributed by atoms with Crippen LogP contribution in [-0.2, 0) is 0 Å². The highest BCUT2D eigenvalue weighted by Crippen LogP contribution is 2.24. The van der Waals surface area contributed by atoms with Gasteiger partial charge in [0, 0.05) is 0 Å². The maximum atomic E-state index is 5.57. The zero-order valence-corrected chi connectivity index (χ0v) is 9.34. The summed E-state index contributed by atoms with van der Waals surface area (Å²) in [5.74, 6) is 1.46. The van der Waals surface area contributed by atoms with Gasteiger partial charge in [-0.1, -0.05) is 11.3 Å². The Hall–Kier alpha value is -1.56. The van der Waals surface area contributed by atoms with Gasteiger partial charge in [-0.3, -0.25) is 0 Å². The van der Waals surface area contributed by atoms with E-state index in [0.717, 1.165) is 10.9 Å². The minimum atomic E-state index is -0.00995. The molecular formula is C9H12N4OS. The lowest BCUT2D eigenvalue weighted by Gasteiger charge is -2.07. The van der Waals surface area contributed by atoms with E-state index in [-0.39, 0.29) is 6.04 Å². The summed E-state index contributed by atoms with van der Waals surface area (Å²) in [6, 6.07) is -0.00995. The number of oxazole rings is 1. The molecule has 0 aliphatic heterocycles. The molecule has 0 bridgehead atoms. The predicted molar refractivity (Wildman–Crippen MR) is 59.8 cm³/mol. The van der Waals surface area contributed by atoms with E-state index in [1.165, 1.54) is 11.3 Å². The summed E-state index contributed by atoms with van der Waals surface area (Å²) in [6.07, 6.45) is 3.32. The number of rotatable bonds is 3. The van der Waals surface area contributed by atoms with Crippen molar-refractivity contribution in [1.82, 2.24) is 9.97 Å². The second kappa shape index (κ2) is 3.90. The first-order valence-electron chi connectivity index (χ1n) is 4.55. The Balaban J connectivity index is 2.06. The largest absolute Gasteiger partial charge is 0.444 e. The summed E-state index contributed by atoms with van der Waals surface area (Å²) in [4.78, 5) is 8.24. The predicted octanol–water partition coefficient (Wildman–Crippen LogP) is 2.19. The van der Waals surface area contributed by atoms with Crippen molar-refractivity contribution in [2.24, 2.45) is 0 Å². The second-order valence-electron chi connectivity index (χ2n) is 3.24. The maximum Gasteiger partial charge on any atom is 0.216 e. The highest BCUT2D eigenvalue weighted by Gasteiger charge is 2.12. The summed E-state index contributed by atoms with van der Waals surface area (Å²) in [5.41, 5.74) is 5.57. The first kappa shape index (κ1) is 9.97. The molecule has 0 aromatic carbocycles. The third-order valence-corrected chi connectivity index (χ3v) is 2.63. The smallest absolute Gasteiger partial charge is 0.216 e. The van der Waals surface area contributed by atoms with E-state index in [2.05, 4.69) is 15.3 Å². The number of anilines is 2. The third-order valence-electron chi connectivity index (χ3n) is 1.87. The normalized spacial score (nSPS) is 12.7. The van der Waals surface area contributed by atoms with Crippen molar-refractivity contribution in [3.63, 3.8) is 0 Å². The SMILES string of the molecule is Cc1cnc(C(C)Nc2ncc(N)s2)o1. The minimum absolute atomic E-state index is 0.00995. The minimum Gasteiger partial charge on any atom is -0.444 e. The molecule has 2 rings (SSSR count). The summed E-state index contributed by atoms with van der Waals surface area (Å²) < 4.78 is 5.40. The van der Waals surface area contributed by atoms with E-state index in [1.54, 1.807) is 12.4 Å². The van der Waals surface area contributed by atoms with Gasteiger partial charge >= 0.3 is 0 Å². The Kier molecular flexibility index (Phi) is 2.59. The van der Waals surface area contributed by atoms with Crippen LogP contribution in [0, 0.1) is 6.92 Å². The van der Waals surface area contributed by atoms with Crippen molar-refractivity contribution in [2.45, 2.75) is 19.9 Å². The monoisotopic (exact) mass is 224 g/mol. The Labute approximate surface area is 91.3 Å². The highest BCUT2D eigenvalue weighted by atomic mass is 32.1. The van der Waals surface area contributed by atoms with Gasteiger partial charge in [-0.05, 0) is 13.8 Å². The first-order chi connectivity index (χ1) is 7.15. The van der Waals surface area contributed by atoms with Crippen molar-refractivity contribution < 1.29 is 4.42 Å². The fourth-order valence-electron chi connectivity index (χ4n) is 1.17. The Bertz CT molecular complexity index is 450. The van der Waals surface area contributed by atoms with Crippen LogP contribution >= 0.6 is 11.3 Å². The van der Waals surface area contributed by atoms with E-state index in [9.17, 15) is 0 Å². The molecule has 0 aliphatic carbocycles. The number of hydrogen-bond acceptors (Lipinski definition) is 6. The molecule has 2 aromatic heterocycles. The molecule has 0 aliphatic rings. The summed E-state index contributed by atoms with van der Waals surface area (Å²) >= 11 is 1.40. The lowest BCUT2D eigenvalue weighted by molar-refractivity contribution is 0.453. The lowest BCUT2D eigenvalue weighted by Crippen LogP contribution is -2.06.